The predicted molar refractivity (Wildman–Crippen MR) is 94.6 cm³/mol. The summed E-state index contributed by atoms with van der Waals surface area (Å²) in [6.07, 6.45) is 0. The Morgan fingerprint density at radius 3 is 2.58 bits per heavy atom. The summed E-state index contributed by atoms with van der Waals surface area (Å²) < 4.78 is 10.9. The van der Waals surface area contributed by atoms with E-state index in [4.69, 9.17) is 9.26 Å². The summed E-state index contributed by atoms with van der Waals surface area (Å²) in [6, 6.07) is 7.82. The molecule has 2 rings (SSSR count). The van der Waals surface area contributed by atoms with E-state index in [1.165, 1.54) is 5.56 Å². The number of aromatic nitrogens is 1. The van der Waals surface area contributed by atoms with E-state index in [-0.39, 0.29) is 17.9 Å². The molecule has 0 saturated carbocycles. The molecule has 1 aromatic carbocycles. The molecule has 130 valence electrons. The van der Waals surface area contributed by atoms with Crippen LogP contribution in [0.25, 0.3) is 0 Å². The van der Waals surface area contributed by atoms with Gasteiger partial charge in [0.05, 0.1) is 0 Å². The van der Waals surface area contributed by atoms with Gasteiger partial charge in [-0.25, -0.2) is 0 Å². The highest BCUT2D eigenvalue weighted by molar-refractivity contribution is 5.90. The molecular formula is C19H26N2O3. The number of amides is 1. The van der Waals surface area contributed by atoms with E-state index in [1.807, 2.05) is 39.8 Å². The number of nitrogens with zero attached hydrogens (tertiary/aromatic N) is 1. The molecule has 0 saturated heterocycles. The number of rotatable bonds is 5. The number of carbonyl (C=O) groups excluding carboxylic acids is 1. The molecule has 24 heavy (non-hydrogen) atoms. The van der Waals surface area contributed by atoms with E-state index >= 15 is 0 Å². The molecule has 0 aliphatic carbocycles. The van der Waals surface area contributed by atoms with Gasteiger partial charge in [-0.2, -0.15) is 0 Å². The van der Waals surface area contributed by atoms with E-state index in [2.05, 4.69) is 30.4 Å². The van der Waals surface area contributed by atoms with Crippen molar-refractivity contribution in [1.82, 2.24) is 5.16 Å². The fourth-order valence-electron chi connectivity index (χ4n) is 2.14. The fourth-order valence-corrected chi connectivity index (χ4v) is 2.14. The first-order chi connectivity index (χ1) is 11.2. The number of nitrogens with one attached hydrogen (secondary N) is 1. The molecule has 1 amide bonds. The van der Waals surface area contributed by atoms with Gasteiger partial charge in [-0.05, 0) is 30.0 Å². The molecule has 1 heterocycles. The van der Waals surface area contributed by atoms with Crippen LogP contribution in [0.1, 0.15) is 57.4 Å². The Hall–Kier alpha value is -2.30. The van der Waals surface area contributed by atoms with Crippen LogP contribution in [0.2, 0.25) is 0 Å². The van der Waals surface area contributed by atoms with Gasteiger partial charge in [-0.1, -0.05) is 51.9 Å². The highest BCUT2D eigenvalue weighted by atomic mass is 16.5. The summed E-state index contributed by atoms with van der Waals surface area (Å²) in [7, 11) is 0. The number of benzene rings is 1. The van der Waals surface area contributed by atoms with Gasteiger partial charge in [-0.15, -0.1) is 0 Å². The number of aryl methyl sites for hydroxylation is 1. The molecule has 0 atom stereocenters. The van der Waals surface area contributed by atoms with Gasteiger partial charge in [0, 0.05) is 11.5 Å². The van der Waals surface area contributed by atoms with E-state index in [1.54, 1.807) is 6.07 Å². The van der Waals surface area contributed by atoms with Gasteiger partial charge in [0.15, 0.2) is 12.4 Å². The molecule has 1 aromatic heterocycles. The average molecular weight is 330 g/mol. The maximum Gasteiger partial charge on any atom is 0.263 e. The minimum Gasteiger partial charge on any atom is -0.483 e. The zero-order valence-corrected chi connectivity index (χ0v) is 15.3. The molecule has 0 spiro atoms. The van der Waals surface area contributed by atoms with Crippen molar-refractivity contribution in [3.63, 3.8) is 0 Å². The van der Waals surface area contributed by atoms with E-state index in [9.17, 15) is 4.79 Å². The lowest BCUT2D eigenvalue weighted by atomic mass is 9.93. The minimum atomic E-state index is -0.266. The lowest BCUT2D eigenvalue weighted by Gasteiger charge is -2.12. The van der Waals surface area contributed by atoms with Gasteiger partial charge in [0.25, 0.3) is 5.91 Å². The van der Waals surface area contributed by atoms with Gasteiger partial charge in [-0.3, -0.25) is 4.79 Å². The standard InChI is InChI=1S/C19H26N2O3/c1-12(2)14-8-7-13(3)15(9-14)23-11-18(22)20-17-10-16(24-21-17)19(4,5)6/h7-10,12H,11H2,1-6H3,(H,20,21,22). The third-order valence-electron chi connectivity index (χ3n) is 3.75. The third kappa shape index (κ3) is 4.60. The maximum absolute atomic E-state index is 12.1. The Morgan fingerprint density at radius 1 is 1.29 bits per heavy atom. The van der Waals surface area contributed by atoms with Crippen molar-refractivity contribution in [1.29, 1.82) is 0 Å². The molecule has 0 bridgehead atoms. The smallest absolute Gasteiger partial charge is 0.263 e. The lowest BCUT2D eigenvalue weighted by molar-refractivity contribution is -0.118. The Labute approximate surface area is 143 Å². The second kappa shape index (κ2) is 7.07. The van der Waals surface area contributed by atoms with Gasteiger partial charge < -0.3 is 14.6 Å². The first-order valence-electron chi connectivity index (χ1n) is 8.17. The van der Waals surface area contributed by atoms with Crippen LogP contribution in [-0.4, -0.2) is 17.7 Å². The predicted octanol–water partition coefficient (Wildman–Crippen LogP) is 4.42. The number of ether oxygens (including phenoxy) is 1. The van der Waals surface area contributed by atoms with Crippen LogP contribution >= 0.6 is 0 Å². The van der Waals surface area contributed by atoms with Gasteiger partial charge >= 0.3 is 0 Å². The van der Waals surface area contributed by atoms with Gasteiger partial charge in [0.1, 0.15) is 11.5 Å². The highest BCUT2D eigenvalue weighted by Crippen LogP contribution is 2.25. The van der Waals surface area contributed by atoms with E-state index < -0.39 is 0 Å². The normalized spacial score (nSPS) is 11.6. The third-order valence-corrected chi connectivity index (χ3v) is 3.75. The van der Waals surface area contributed by atoms with Crippen LogP contribution in [-0.2, 0) is 10.2 Å². The Bertz CT molecular complexity index is 712. The molecule has 0 fully saturated rings. The molecule has 0 aliphatic rings. The molecule has 0 radical (unpaired) electrons. The SMILES string of the molecule is Cc1ccc(C(C)C)cc1OCC(=O)Nc1cc(C(C)(C)C)on1. The quantitative estimate of drug-likeness (QED) is 0.881. The van der Waals surface area contributed by atoms with E-state index in [0.717, 1.165) is 17.1 Å². The van der Waals surface area contributed by atoms with Crippen molar-refractivity contribution < 1.29 is 14.1 Å². The van der Waals surface area contributed by atoms with Crippen LogP contribution < -0.4 is 10.1 Å². The first kappa shape index (κ1) is 18.0. The highest BCUT2D eigenvalue weighted by Gasteiger charge is 2.20. The molecule has 0 unspecified atom stereocenters. The molecule has 1 N–H and O–H groups in total. The maximum atomic E-state index is 12.1. The number of carbonyl (C=O) groups is 1. The second-order valence-corrected chi connectivity index (χ2v) is 7.34. The lowest BCUT2D eigenvalue weighted by Crippen LogP contribution is -2.20. The molecule has 5 nitrogen and oxygen atoms in total. The summed E-state index contributed by atoms with van der Waals surface area (Å²) in [5.74, 6) is 2.00. The summed E-state index contributed by atoms with van der Waals surface area (Å²) >= 11 is 0. The summed E-state index contributed by atoms with van der Waals surface area (Å²) in [5, 5.41) is 6.56. The van der Waals surface area contributed by atoms with E-state index in [0.29, 0.717) is 11.7 Å². The van der Waals surface area contributed by atoms with Crippen molar-refractivity contribution >= 4 is 11.7 Å². The van der Waals surface area contributed by atoms with Crippen LogP contribution in [0.3, 0.4) is 0 Å². The fraction of sp³-hybridized carbons (Fsp3) is 0.474. The number of hydrogen-bond donors (Lipinski definition) is 1. The summed E-state index contributed by atoms with van der Waals surface area (Å²) in [5.41, 5.74) is 2.03. The second-order valence-electron chi connectivity index (χ2n) is 7.34. The van der Waals surface area contributed by atoms with Crippen molar-refractivity contribution in [2.75, 3.05) is 11.9 Å². The molecule has 2 aromatic rings. The van der Waals surface area contributed by atoms with Crippen LogP contribution in [0.4, 0.5) is 5.82 Å². The molecule has 5 heteroatoms. The van der Waals surface area contributed by atoms with Crippen LogP contribution in [0.15, 0.2) is 28.8 Å². The molecular weight excluding hydrogens is 304 g/mol. The number of hydrogen-bond acceptors (Lipinski definition) is 4. The number of anilines is 1. The molecule has 0 aliphatic heterocycles. The van der Waals surface area contributed by atoms with Gasteiger partial charge in [0.2, 0.25) is 0 Å². The zero-order chi connectivity index (χ0) is 17.9. The summed E-state index contributed by atoms with van der Waals surface area (Å²) in [6.45, 7) is 12.2. The van der Waals surface area contributed by atoms with Crippen LogP contribution in [0, 0.1) is 6.92 Å². The monoisotopic (exact) mass is 330 g/mol. The zero-order valence-electron chi connectivity index (χ0n) is 15.3. The van der Waals surface area contributed by atoms with Crippen molar-refractivity contribution in [3.8, 4) is 5.75 Å². The topological polar surface area (TPSA) is 64.4 Å². The van der Waals surface area contributed by atoms with Crippen molar-refractivity contribution in [3.05, 3.63) is 41.2 Å². The Balaban J connectivity index is 1.96. The largest absolute Gasteiger partial charge is 0.483 e. The summed E-state index contributed by atoms with van der Waals surface area (Å²) in [4.78, 5) is 12.1. The van der Waals surface area contributed by atoms with Crippen molar-refractivity contribution in [2.24, 2.45) is 0 Å². The Kier molecular flexibility index (Phi) is 5.32. The first-order valence-corrected chi connectivity index (χ1v) is 8.17. The Morgan fingerprint density at radius 2 is 2.00 bits per heavy atom. The van der Waals surface area contributed by atoms with Crippen molar-refractivity contribution in [2.45, 2.75) is 52.9 Å². The van der Waals surface area contributed by atoms with Crippen LogP contribution in [0.5, 0.6) is 5.75 Å². The minimum absolute atomic E-state index is 0.0693. The average Bonchev–Trinajstić information content (AvgIpc) is 2.94.